The second-order valence-corrected chi connectivity index (χ2v) is 6.40. The van der Waals surface area contributed by atoms with E-state index in [9.17, 15) is 4.79 Å². The fraction of sp³-hybridized carbons (Fsp3) is 0.176. The van der Waals surface area contributed by atoms with E-state index in [1.807, 2.05) is 50.2 Å². The number of nitrogens with one attached hydrogen (secondary N) is 2. The van der Waals surface area contributed by atoms with E-state index < -0.39 is 0 Å². The number of anilines is 1. The van der Waals surface area contributed by atoms with E-state index in [4.69, 9.17) is 11.6 Å². The molecule has 120 valence electrons. The third-order valence-electron chi connectivity index (χ3n) is 3.24. The summed E-state index contributed by atoms with van der Waals surface area (Å²) in [4.78, 5) is 11.9. The first kappa shape index (κ1) is 17.5. The number of benzene rings is 2. The number of halogens is 2. The molecular formula is C17H17BrClN3O. The Hall–Kier alpha value is -1.85. The average Bonchev–Trinajstić information content (AvgIpc) is 2.52. The van der Waals surface area contributed by atoms with Crippen LogP contribution in [0.2, 0.25) is 5.02 Å². The highest BCUT2D eigenvalue weighted by molar-refractivity contribution is 9.10. The van der Waals surface area contributed by atoms with Crippen molar-refractivity contribution in [3.05, 3.63) is 63.1 Å². The Labute approximate surface area is 149 Å². The number of hydrogen-bond acceptors (Lipinski definition) is 3. The zero-order valence-electron chi connectivity index (χ0n) is 12.9. The van der Waals surface area contributed by atoms with Gasteiger partial charge in [0, 0.05) is 15.2 Å². The minimum absolute atomic E-state index is 0.138. The van der Waals surface area contributed by atoms with E-state index in [2.05, 4.69) is 31.8 Å². The third-order valence-corrected chi connectivity index (χ3v) is 4.00. The lowest BCUT2D eigenvalue weighted by molar-refractivity contribution is -0.119. The molecule has 0 aliphatic rings. The predicted molar refractivity (Wildman–Crippen MR) is 99.2 cm³/mol. The van der Waals surface area contributed by atoms with Gasteiger partial charge in [0.2, 0.25) is 0 Å². The molecule has 2 aromatic rings. The van der Waals surface area contributed by atoms with Crippen LogP contribution in [-0.4, -0.2) is 18.2 Å². The minimum atomic E-state index is -0.212. The van der Waals surface area contributed by atoms with E-state index in [0.717, 1.165) is 27.0 Å². The Kier molecular flexibility index (Phi) is 6.19. The molecule has 0 spiro atoms. The van der Waals surface area contributed by atoms with Gasteiger partial charge in [-0.1, -0.05) is 39.7 Å². The van der Waals surface area contributed by atoms with E-state index in [-0.39, 0.29) is 12.5 Å². The zero-order valence-corrected chi connectivity index (χ0v) is 15.2. The highest BCUT2D eigenvalue weighted by Crippen LogP contribution is 2.19. The second-order valence-electron chi connectivity index (χ2n) is 5.05. The summed E-state index contributed by atoms with van der Waals surface area (Å²) < 4.78 is 1.00. The van der Waals surface area contributed by atoms with Gasteiger partial charge in [-0.3, -0.25) is 4.79 Å². The quantitative estimate of drug-likeness (QED) is 0.584. The first-order chi connectivity index (χ1) is 11.0. The summed E-state index contributed by atoms with van der Waals surface area (Å²) in [6.07, 6.45) is 0. The van der Waals surface area contributed by atoms with Crippen LogP contribution in [0.15, 0.2) is 52.0 Å². The second kappa shape index (κ2) is 8.13. The Morgan fingerprint density at radius 1 is 1.22 bits per heavy atom. The SMILES string of the molecule is C/C(=N/NC(=O)CNc1ccc(Cl)cc1C)c1ccc(Br)cc1. The van der Waals surface area contributed by atoms with Crippen LogP contribution >= 0.6 is 27.5 Å². The minimum Gasteiger partial charge on any atom is -0.376 e. The zero-order chi connectivity index (χ0) is 16.8. The Morgan fingerprint density at radius 2 is 1.91 bits per heavy atom. The number of nitrogens with zero attached hydrogens (tertiary/aromatic N) is 1. The number of carbonyl (C=O) groups excluding carboxylic acids is 1. The molecule has 6 heteroatoms. The third kappa shape index (κ3) is 5.37. The maximum absolute atomic E-state index is 11.9. The summed E-state index contributed by atoms with van der Waals surface area (Å²) in [7, 11) is 0. The van der Waals surface area contributed by atoms with Crippen LogP contribution in [0, 0.1) is 6.92 Å². The van der Waals surface area contributed by atoms with Crippen LogP contribution in [0.4, 0.5) is 5.69 Å². The van der Waals surface area contributed by atoms with Crippen LogP contribution in [0.5, 0.6) is 0 Å². The van der Waals surface area contributed by atoms with Crippen LogP contribution in [-0.2, 0) is 4.79 Å². The van der Waals surface area contributed by atoms with Gasteiger partial charge in [-0.15, -0.1) is 0 Å². The molecule has 4 nitrogen and oxygen atoms in total. The summed E-state index contributed by atoms with van der Waals surface area (Å²) in [5.74, 6) is -0.212. The molecule has 2 rings (SSSR count). The van der Waals surface area contributed by atoms with Crippen LogP contribution in [0.3, 0.4) is 0 Å². The van der Waals surface area contributed by atoms with Crippen molar-refractivity contribution in [2.24, 2.45) is 5.10 Å². The van der Waals surface area contributed by atoms with Gasteiger partial charge in [-0.25, -0.2) is 5.43 Å². The van der Waals surface area contributed by atoms with E-state index in [1.54, 1.807) is 6.07 Å². The van der Waals surface area contributed by atoms with Gasteiger partial charge >= 0.3 is 0 Å². The smallest absolute Gasteiger partial charge is 0.259 e. The van der Waals surface area contributed by atoms with Crippen molar-refractivity contribution in [1.29, 1.82) is 0 Å². The molecule has 0 aliphatic heterocycles. The molecule has 23 heavy (non-hydrogen) atoms. The molecule has 0 radical (unpaired) electrons. The lowest BCUT2D eigenvalue weighted by atomic mass is 10.1. The molecule has 0 aliphatic carbocycles. The van der Waals surface area contributed by atoms with Gasteiger partial charge in [0.25, 0.3) is 5.91 Å². The van der Waals surface area contributed by atoms with Crippen molar-refractivity contribution >= 4 is 44.8 Å². The number of rotatable bonds is 5. The fourth-order valence-electron chi connectivity index (χ4n) is 1.94. The molecule has 0 saturated carbocycles. The largest absolute Gasteiger partial charge is 0.376 e. The molecule has 0 heterocycles. The van der Waals surface area contributed by atoms with Gasteiger partial charge in [0.1, 0.15) is 0 Å². The lowest BCUT2D eigenvalue weighted by Crippen LogP contribution is -2.27. The molecule has 0 aromatic heterocycles. The van der Waals surface area contributed by atoms with E-state index in [0.29, 0.717) is 5.02 Å². The number of carbonyl (C=O) groups is 1. The summed E-state index contributed by atoms with van der Waals surface area (Å²) >= 11 is 9.29. The molecule has 0 atom stereocenters. The number of hydrogen-bond donors (Lipinski definition) is 2. The normalized spacial score (nSPS) is 11.2. The predicted octanol–water partition coefficient (Wildman–Crippen LogP) is 4.36. The standard InChI is InChI=1S/C17H17BrClN3O/c1-11-9-15(19)7-8-16(11)20-10-17(23)22-21-12(2)13-3-5-14(18)6-4-13/h3-9,20H,10H2,1-2H3,(H,22,23)/b21-12-. The first-order valence-electron chi connectivity index (χ1n) is 7.05. The van der Waals surface area contributed by atoms with Crippen molar-refractivity contribution in [3.8, 4) is 0 Å². The maximum atomic E-state index is 11.9. The van der Waals surface area contributed by atoms with Crippen molar-refractivity contribution in [3.63, 3.8) is 0 Å². The summed E-state index contributed by atoms with van der Waals surface area (Å²) in [6.45, 7) is 3.92. The highest BCUT2D eigenvalue weighted by Gasteiger charge is 2.04. The Balaban J connectivity index is 1.89. The van der Waals surface area contributed by atoms with Gasteiger partial charge in [-0.05, 0) is 55.3 Å². The first-order valence-corrected chi connectivity index (χ1v) is 8.22. The lowest BCUT2D eigenvalue weighted by Gasteiger charge is -2.09. The van der Waals surface area contributed by atoms with Gasteiger partial charge in [0.05, 0.1) is 12.3 Å². The van der Waals surface area contributed by atoms with E-state index >= 15 is 0 Å². The van der Waals surface area contributed by atoms with Crippen molar-refractivity contribution in [2.45, 2.75) is 13.8 Å². The summed E-state index contributed by atoms with van der Waals surface area (Å²) in [5.41, 5.74) is 6.10. The topological polar surface area (TPSA) is 53.5 Å². The molecule has 0 bridgehead atoms. The summed E-state index contributed by atoms with van der Waals surface area (Å²) in [5, 5.41) is 7.85. The monoisotopic (exact) mass is 393 g/mol. The molecular weight excluding hydrogens is 378 g/mol. The van der Waals surface area contributed by atoms with Gasteiger partial charge in [0.15, 0.2) is 0 Å². The number of amides is 1. The molecule has 0 fully saturated rings. The van der Waals surface area contributed by atoms with E-state index in [1.165, 1.54) is 0 Å². The van der Waals surface area contributed by atoms with Gasteiger partial charge in [-0.2, -0.15) is 5.10 Å². The maximum Gasteiger partial charge on any atom is 0.259 e. The van der Waals surface area contributed by atoms with Crippen molar-refractivity contribution < 1.29 is 4.79 Å². The molecule has 0 saturated heterocycles. The summed E-state index contributed by atoms with van der Waals surface area (Å²) in [6, 6.07) is 13.2. The molecule has 0 unspecified atom stereocenters. The Bertz CT molecular complexity index is 729. The van der Waals surface area contributed by atoms with Gasteiger partial charge < -0.3 is 5.32 Å². The number of hydrazone groups is 1. The van der Waals surface area contributed by atoms with Crippen molar-refractivity contribution in [1.82, 2.24) is 5.43 Å². The molecule has 1 amide bonds. The van der Waals surface area contributed by atoms with Crippen LogP contribution in [0.25, 0.3) is 0 Å². The van der Waals surface area contributed by atoms with Crippen LogP contribution < -0.4 is 10.7 Å². The molecule has 2 aromatic carbocycles. The average molecular weight is 395 g/mol. The number of aryl methyl sites for hydroxylation is 1. The highest BCUT2D eigenvalue weighted by atomic mass is 79.9. The Morgan fingerprint density at radius 3 is 2.57 bits per heavy atom. The fourth-order valence-corrected chi connectivity index (χ4v) is 2.43. The molecule has 2 N–H and O–H groups in total. The van der Waals surface area contributed by atoms with Crippen LogP contribution in [0.1, 0.15) is 18.1 Å². The van der Waals surface area contributed by atoms with Crippen molar-refractivity contribution in [2.75, 3.05) is 11.9 Å².